The Balaban J connectivity index is 1.89. The van der Waals surface area contributed by atoms with E-state index in [2.05, 4.69) is 11.0 Å². The number of nitriles is 1. The van der Waals surface area contributed by atoms with Gasteiger partial charge in [0.2, 0.25) is 0 Å². The predicted octanol–water partition coefficient (Wildman–Crippen LogP) is 1.04. The number of piperazine rings is 1. The Bertz CT molecular complexity index is 635. The normalized spacial score (nSPS) is 25.0. The third-order valence-electron chi connectivity index (χ3n) is 4.47. The summed E-state index contributed by atoms with van der Waals surface area (Å²) in [6.45, 7) is 2.33. The maximum atomic E-state index is 11.0. The monoisotopic (exact) mass is 317 g/mol. The lowest BCUT2D eigenvalue weighted by Gasteiger charge is -2.39. The molecule has 0 aliphatic carbocycles. The van der Waals surface area contributed by atoms with Crippen molar-refractivity contribution in [1.82, 2.24) is 9.80 Å². The number of benzene rings is 1. The minimum Gasteiger partial charge on any atom is -0.493 e. The molecule has 7 nitrogen and oxygen atoms in total. The molecule has 7 heteroatoms. The van der Waals surface area contributed by atoms with Crippen molar-refractivity contribution in [2.75, 3.05) is 32.8 Å². The van der Waals surface area contributed by atoms with Gasteiger partial charge in [-0.15, -0.1) is 0 Å². The Hall–Kier alpha value is -2.30. The maximum Gasteiger partial charge on any atom is 0.407 e. The first-order chi connectivity index (χ1) is 11.1. The van der Waals surface area contributed by atoms with E-state index in [1.165, 1.54) is 4.90 Å². The van der Waals surface area contributed by atoms with Gasteiger partial charge in [-0.2, -0.15) is 5.26 Å². The summed E-state index contributed by atoms with van der Waals surface area (Å²) in [5, 5.41) is 28.7. The molecule has 2 aliphatic rings. The number of aliphatic hydroxyl groups excluding tert-OH is 1. The van der Waals surface area contributed by atoms with Crippen molar-refractivity contribution < 1.29 is 19.7 Å². The van der Waals surface area contributed by atoms with Crippen LogP contribution in [0.3, 0.4) is 0 Å². The summed E-state index contributed by atoms with van der Waals surface area (Å²) in [6, 6.07) is 7.07. The molecule has 0 saturated carbocycles. The number of amides is 1. The number of ether oxygens (including phenoxy) is 1. The molecular formula is C16H19N3O4. The number of carboxylic acid groups (broad SMARTS) is 1. The molecule has 1 amide bonds. The van der Waals surface area contributed by atoms with Crippen LogP contribution in [0.15, 0.2) is 18.2 Å². The van der Waals surface area contributed by atoms with Gasteiger partial charge in [0.05, 0.1) is 30.4 Å². The van der Waals surface area contributed by atoms with Gasteiger partial charge in [-0.05, 0) is 18.2 Å². The lowest BCUT2D eigenvalue weighted by Crippen LogP contribution is -2.51. The van der Waals surface area contributed by atoms with Crippen LogP contribution in [-0.2, 0) is 0 Å². The van der Waals surface area contributed by atoms with Crippen LogP contribution in [0.2, 0.25) is 0 Å². The minimum atomic E-state index is -0.915. The summed E-state index contributed by atoms with van der Waals surface area (Å²) in [5.41, 5.74) is 1.33. The number of hydrogen-bond acceptors (Lipinski definition) is 5. The van der Waals surface area contributed by atoms with Gasteiger partial charge in [-0.1, -0.05) is 0 Å². The fraction of sp³-hybridized carbons (Fsp3) is 0.500. The van der Waals surface area contributed by atoms with Gasteiger partial charge in [-0.25, -0.2) is 4.79 Å². The maximum absolute atomic E-state index is 11.0. The predicted molar refractivity (Wildman–Crippen MR) is 81.2 cm³/mol. The average molecular weight is 317 g/mol. The fourth-order valence-electron chi connectivity index (χ4n) is 3.27. The first-order valence-corrected chi connectivity index (χ1v) is 7.67. The van der Waals surface area contributed by atoms with E-state index >= 15 is 0 Å². The topological polar surface area (TPSA) is 97.0 Å². The van der Waals surface area contributed by atoms with Gasteiger partial charge in [0, 0.05) is 38.2 Å². The van der Waals surface area contributed by atoms with Crippen molar-refractivity contribution in [1.29, 1.82) is 5.26 Å². The molecule has 0 radical (unpaired) electrons. The first-order valence-electron chi connectivity index (χ1n) is 7.67. The van der Waals surface area contributed by atoms with E-state index in [9.17, 15) is 9.90 Å². The molecular weight excluding hydrogens is 298 g/mol. The van der Waals surface area contributed by atoms with Crippen molar-refractivity contribution in [3.63, 3.8) is 0 Å². The molecule has 23 heavy (non-hydrogen) atoms. The molecule has 1 fully saturated rings. The minimum absolute atomic E-state index is 0.281. The summed E-state index contributed by atoms with van der Waals surface area (Å²) in [4.78, 5) is 14.5. The third-order valence-corrected chi connectivity index (χ3v) is 4.47. The first kappa shape index (κ1) is 15.6. The van der Waals surface area contributed by atoms with E-state index in [0.717, 1.165) is 5.56 Å². The van der Waals surface area contributed by atoms with E-state index < -0.39 is 12.2 Å². The highest BCUT2D eigenvalue weighted by atomic mass is 16.5. The quantitative estimate of drug-likeness (QED) is 0.803. The zero-order valence-corrected chi connectivity index (χ0v) is 12.7. The summed E-state index contributed by atoms with van der Waals surface area (Å²) in [5.74, 6) is 0.686. The van der Waals surface area contributed by atoms with E-state index in [0.29, 0.717) is 50.5 Å². The van der Waals surface area contributed by atoms with Crippen molar-refractivity contribution in [2.45, 2.75) is 18.6 Å². The van der Waals surface area contributed by atoms with E-state index in [-0.39, 0.29) is 6.04 Å². The van der Waals surface area contributed by atoms with Crippen LogP contribution in [0.1, 0.15) is 23.6 Å². The second kappa shape index (κ2) is 6.44. The summed E-state index contributed by atoms with van der Waals surface area (Å²) >= 11 is 0. The molecule has 2 aliphatic heterocycles. The van der Waals surface area contributed by atoms with E-state index in [1.54, 1.807) is 18.2 Å². The molecule has 1 saturated heterocycles. The number of hydrogen-bond donors (Lipinski definition) is 2. The zero-order valence-electron chi connectivity index (χ0n) is 12.7. The molecule has 3 rings (SSSR count). The van der Waals surface area contributed by atoms with Crippen molar-refractivity contribution in [3.05, 3.63) is 29.3 Å². The number of nitrogens with zero attached hydrogens (tertiary/aromatic N) is 3. The Kier molecular flexibility index (Phi) is 4.37. The van der Waals surface area contributed by atoms with Crippen molar-refractivity contribution in [2.24, 2.45) is 0 Å². The van der Waals surface area contributed by atoms with Crippen LogP contribution >= 0.6 is 0 Å². The molecule has 1 aromatic carbocycles. The number of carbonyl (C=O) groups is 1. The highest BCUT2D eigenvalue weighted by Crippen LogP contribution is 2.36. The van der Waals surface area contributed by atoms with Crippen molar-refractivity contribution >= 4 is 6.09 Å². The lowest BCUT2D eigenvalue weighted by molar-refractivity contribution is 0.0166. The molecule has 0 aromatic heterocycles. The Labute approximate surface area is 134 Å². The summed E-state index contributed by atoms with van der Waals surface area (Å²) < 4.78 is 5.70. The molecule has 0 unspecified atom stereocenters. The SMILES string of the molecule is N#Cc1ccc2c(c1)[C@@H](N1CCN(C(=O)O)CC1)[C@H](O)CCO2. The average Bonchev–Trinajstić information content (AvgIpc) is 2.72. The molecule has 2 heterocycles. The summed E-state index contributed by atoms with van der Waals surface area (Å²) in [6.07, 6.45) is -1.02. The largest absolute Gasteiger partial charge is 0.493 e. The number of aliphatic hydroxyl groups is 1. The molecule has 2 atom stereocenters. The third kappa shape index (κ3) is 3.09. The number of rotatable bonds is 1. The molecule has 2 N–H and O–H groups in total. The fourth-order valence-corrected chi connectivity index (χ4v) is 3.27. The van der Waals surface area contributed by atoms with Gasteiger partial charge in [0.1, 0.15) is 5.75 Å². The molecule has 1 aromatic rings. The van der Waals surface area contributed by atoms with Crippen LogP contribution in [-0.4, -0.2) is 65.0 Å². The second-order valence-electron chi connectivity index (χ2n) is 5.82. The standard InChI is InChI=1S/C16H19N3O4/c17-10-11-1-2-14-12(9-11)15(13(20)3-8-23-14)18-4-6-19(7-5-18)16(21)22/h1-2,9,13,15,20H,3-8H2,(H,21,22)/t13-,15-/m1/s1. The highest BCUT2D eigenvalue weighted by molar-refractivity contribution is 5.65. The Morgan fingerprint density at radius 2 is 2.04 bits per heavy atom. The van der Waals surface area contributed by atoms with Crippen molar-refractivity contribution in [3.8, 4) is 11.8 Å². The van der Waals surface area contributed by atoms with Crippen LogP contribution in [0, 0.1) is 11.3 Å². The van der Waals surface area contributed by atoms with Crippen LogP contribution < -0.4 is 4.74 Å². The van der Waals surface area contributed by atoms with Gasteiger partial charge in [0.25, 0.3) is 0 Å². The van der Waals surface area contributed by atoms with Gasteiger partial charge < -0.3 is 19.8 Å². The van der Waals surface area contributed by atoms with Gasteiger partial charge >= 0.3 is 6.09 Å². The highest BCUT2D eigenvalue weighted by Gasteiger charge is 2.35. The van der Waals surface area contributed by atoms with Crippen LogP contribution in [0.4, 0.5) is 4.79 Å². The van der Waals surface area contributed by atoms with E-state index in [4.69, 9.17) is 15.1 Å². The Morgan fingerprint density at radius 1 is 1.30 bits per heavy atom. The van der Waals surface area contributed by atoms with E-state index in [1.807, 2.05) is 0 Å². The molecule has 0 spiro atoms. The smallest absolute Gasteiger partial charge is 0.407 e. The molecule has 122 valence electrons. The van der Waals surface area contributed by atoms with Crippen LogP contribution in [0.25, 0.3) is 0 Å². The van der Waals surface area contributed by atoms with Gasteiger partial charge in [-0.3, -0.25) is 4.90 Å². The summed E-state index contributed by atoms with van der Waals surface area (Å²) in [7, 11) is 0. The van der Waals surface area contributed by atoms with Gasteiger partial charge in [0.15, 0.2) is 0 Å². The van der Waals surface area contributed by atoms with Crippen LogP contribution in [0.5, 0.6) is 5.75 Å². The number of fused-ring (bicyclic) bond motifs is 1. The molecule has 0 bridgehead atoms. The Morgan fingerprint density at radius 3 is 2.70 bits per heavy atom. The second-order valence-corrected chi connectivity index (χ2v) is 5.82. The zero-order chi connectivity index (χ0) is 16.4. The lowest BCUT2D eigenvalue weighted by atomic mass is 9.95.